The van der Waals surface area contributed by atoms with Crippen molar-refractivity contribution >= 4 is 5.91 Å². The second-order valence-corrected chi connectivity index (χ2v) is 6.34. The summed E-state index contributed by atoms with van der Waals surface area (Å²) in [5, 5.41) is 8.08. The van der Waals surface area contributed by atoms with Gasteiger partial charge < -0.3 is 18.5 Å². The van der Waals surface area contributed by atoms with Crippen LogP contribution >= 0.6 is 0 Å². The molecular weight excluding hydrogens is 310 g/mol. The molecule has 0 unspecified atom stereocenters. The third kappa shape index (κ3) is 3.84. The van der Waals surface area contributed by atoms with Crippen LogP contribution in [0.25, 0.3) is 0 Å². The number of carbonyl (C=O) groups is 1. The fraction of sp³-hybridized carbons (Fsp3) is 0.588. The first-order valence-corrected chi connectivity index (χ1v) is 8.31. The first-order chi connectivity index (χ1) is 11.5. The molecule has 7 heteroatoms. The first-order valence-electron chi connectivity index (χ1n) is 8.31. The number of nitrogens with zero attached hydrogens (tertiary/aromatic N) is 3. The zero-order valence-corrected chi connectivity index (χ0v) is 14.3. The molecule has 0 aliphatic carbocycles. The molecule has 0 aromatic carbocycles. The number of amides is 1. The molecule has 3 rings (SSSR count). The van der Waals surface area contributed by atoms with Gasteiger partial charge in [0, 0.05) is 25.3 Å². The van der Waals surface area contributed by atoms with Gasteiger partial charge in [-0.2, -0.15) is 0 Å². The van der Waals surface area contributed by atoms with Gasteiger partial charge >= 0.3 is 0 Å². The predicted octanol–water partition coefficient (Wildman–Crippen LogP) is 2.63. The van der Waals surface area contributed by atoms with Crippen LogP contribution < -0.4 is 0 Å². The van der Waals surface area contributed by atoms with Gasteiger partial charge in [-0.1, -0.05) is 13.8 Å². The Morgan fingerprint density at radius 3 is 2.83 bits per heavy atom. The Hall–Kier alpha value is -2.15. The molecule has 1 fully saturated rings. The third-order valence-electron chi connectivity index (χ3n) is 4.03. The Labute approximate surface area is 141 Å². The van der Waals surface area contributed by atoms with E-state index in [1.54, 1.807) is 4.90 Å². The highest BCUT2D eigenvalue weighted by atomic mass is 16.5. The SMILES string of the molecule is Cc1ccc(CCC(=O)N2CCO[C@H](c3nnc(C(C)C)o3)C2)o1. The van der Waals surface area contributed by atoms with Crippen molar-refractivity contribution in [2.75, 3.05) is 19.7 Å². The van der Waals surface area contributed by atoms with Crippen LogP contribution in [-0.4, -0.2) is 40.7 Å². The summed E-state index contributed by atoms with van der Waals surface area (Å²) in [6.45, 7) is 7.37. The summed E-state index contributed by atoms with van der Waals surface area (Å²) in [4.78, 5) is 14.2. The van der Waals surface area contributed by atoms with Crippen molar-refractivity contribution in [2.24, 2.45) is 0 Å². The zero-order chi connectivity index (χ0) is 17.1. The van der Waals surface area contributed by atoms with Crippen LogP contribution in [-0.2, 0) is 16.0 Å². The van der Waals surface area contributed by atoms with Crippen molar-refractivity contribution in [3.63, 3.8) is 0 Å². The van der Waals surface area contributed by atoms with Crippen LogP contribution in [0.1, 0.15) is 55.6 Å². The lowest BCUT2D eigenvalue weighted by molar-refractivity contribution is -0.139. The average Bonchev–Trinajstić information content (AvgIpc) is 3.22. The van der Waals surface area contributed by atoms with Crippen LogP contribution in [0.3, 0.4) is 0 Å². The van der Waals surface area contributed by atoms with Crippen molar-refractivity contribution < 1.29 is 18.4 Å². The van der Waals surface area contributed by atoms with Gasteiger partial charge in [0.2, 0.25) is 17.7 Å². The number of hydrogen-bond acceptors (Lipinski definition) is 6. The maximum Gasteiger partial charge on any atom is 0.247 e. The van der Waals surface area contributed by atoms with Gasteiger partial charge in [-0.05, 0) is 19.1 Å². The molecule has 1 aliphatic rings. The molecule has 0 spiro atoms. The van der Waals surface area contributed by atoms with E-state index in [1.807, 2.05) is 32.9 Å². The van der Waals surface area contributed by atoms with Gasteiger partial charge in [-0.25, -0.2) is 0 Å². The topological polar surface area (TPSA) is 81.6 Å². The van der Waals surface area contributed by atoms with Gasteiger partial charge in [-0.3, -0.25) is 4.79 Å². The molecule has 0 N–H and O–H groups in total. The summed E-state index contributed by atoms with van der Waals surface area (Å²) in [6, 6.07) is 3.82. The lowest BCUT2D eigenvalue weighted by Gasteiger charge is -2.31. The highest BCUT2D eigenvalue weighted by molar-refractivity contribution is 5.76. The smallest absolute Gasteiger partial charge is 0.247 e. The van der Waals surface area contributed by atoms with Crippen molar-refractivity contribution in [3.05, 3.63) is 35.4 Å². The molecule has 2 aromatic rings. The Morgan fingerprint density at radius 1 is 1.33 bits per heavy atom. The van der Waals surface area contributed by atoms with Gasteiger partial charge in [0.15, 0.2) is 6.10 Å². The summed E-state index contributed by atoms with van der Waals surface area (Å²) in [7, 11) is 0. The number of rotatable bonds is 5. The van der Waals surface area contributed by atoms with E-state index in [-0.39, 0.29) is 17.9 Å². The fourth-order valence-corrected chi connectivity index (χ4v) is 2.64. The van der Waals surface area contributed by atoms with E-state index in [0.717, 1.165) is 11.5 Å². The van der Waals surface area contributed by atoms with Gasteiger partial charge in [-0.15, -0.1) is 10.2 Å². The van der Waals surface area contributed by atoms with Crippen molar-refractivity contribution in [1.82, 2.24) is 15.1 Å². The number of furan rings is 1. The summed E-state index contributed by atoms with van der Waals surface area (Å²) < 4.78 is 16.8. The van der Waals surface area contributed by atoms with Crippen LogP contribution in [0.15, 0.2) is 21.0 Å². The Kier molecular flexibility index (Phi) is 4.99. The minimum Gasteiger partial charge on any atom is -0.466 e. The summed E-state index contributed by atoms with van der Waals surface area (Å²) >= 11 is 0. The molecular formula is C17H23N3O4. The minimum absolute atomic E-state index is 0.0842. The van der Waals surface area contributed by atoms with E-state index in [0.29, 0.717) is 44.3 Å². The quantitative estimate of drug-likeness (QED) is 0.836. The third-order valence-corrected chi connectivity index (χ3v) is 4.03. The molecule has 7 nitrogen and oxygen atoms in total. The van der Waals surface area contributed by atoms with Gasteiger partial charge in [0.05, 0.1) is 13.2 Å². The molecule has 130 valence electrons. The van der Waals surface area contributed by atoms with E-state index in [2.05, 4.69) is 10.2 Å². The minimum atomic E-state index is -0.353. The molecule has 0 saturated carbocycles. The lowest BCUT2D eigenvalue weighted by Crippen LogP contribution is -2.42. The monoisotopic (exact) mass is 333 g/mol. The molecule has 1 aliphatic heterocycles. The molecule has 1 amide bonds. The number of carbonyl (C=O) groups excluding carboxylic acids is 1. The Morgan fingerprint density at radius 2 is 2.17 bits per heavy atom. The number of ether oxygens (including phenoxy) is 1. The predicted molar refractivity (Wildman–Crippen MR) is 85.4 cm³/mol. The van der Waals surface area contributed by atoms with E-state index in [9.17, 15) is 4.79 Å². The van der Waals surface area contributed by atoms with E-state index in [4.69, 9.17) is 13.6 Å². The van der Waals surface area contributed by atoms with Gasteiger partial charge in [0.1, 0.15) is 11.5 Å². The van der Waals surface area contributed by atoms with E-state index >= 15 is 0 Å². The fourth-order valence-electron chi connectivity index (χ4n) is 2.64. The second kappa shape index (κ2) is 7.17. The highest BCUT2D eigenvalue weighted by Crippen LogP contribution is 2.24. The standard InChI is InChI=1S/C17H23N3O4/c1-11(2)16-18-19-17(24-16)14-10-20(8-9-22-14)15(21)7-6-13-5-4-12(3)23-13/h4-5,11,14H,6-10H2,1-3H3/t14-/m0/s1. The first kappa shape index (κ1) is 16.7. The van der Waals surface area contributed by atoms with Crippen molar-refractivity contribution in [1.29, 1.82) is 0 Å². The number of morpholine rings is 1. The molecule has 0 radical (unpaired) electrons. The largest absolute Gasteiger partial charge is 0.466 e. The molecule has 24 heavy (non-hydrogen) atoms. The lowest BCUT2D eigenvalue weighted by atomic mass is 10.2. The van der Waals surface area contributed by atoms with E-state index < -0.39 is 0 Å². The van der Waals surface area contributed by atoms with E-state index in [1.165, 1.54) is 0 Å². The summed E-state index contributed by atoms with van der Waals surface area (Å²) in [5.74, 6) is 2.98. The normalized spacial score (nSPS) is 18.3. The molecule has 3 heterocycles. The second-order valence-electron chi connectivity index (χ2n) is 6.34. The molecule has 0 bridgehead atoms. The van der Waals surface area contributed by atoms with Crippen LogP contribution in [0.5, 0.6) is 0 Å². The molecule has 1 atom stereocenters. The molecule has 1 saturated heterocycles. The molecule has 2 aromatic heterocycles. The Bertz CT molecular complexity index is 692. The van der Waals surface area contributed by atoms with Crippen molar-refractivity contribution in [2.45, 2.75) is 45.6 Å². The number of aromatic nitrogens is 2. The van der Waals surface area contributed by atoms with Crippen LogP contribution in [0.2, 0.25) is 0 Å². The average molecular weight is 333 g/mol. The van der Waals surface area contributed by atoms with Crippen molar-refractivity contribution in [3.8, 4) is 0 Å². The zero-order valence-electron chi connectivity index (χ0n) is 14.3. The number of aryl methyl sites for hydroxylation is 2. The Balaban J connectivity index is 1.56. The number of hydrogen-bond donors (Lipinski definition) is 0. The van der Waals surface area contributed by atoms with Gasteiger partial charge in [0.25, 0.3) is 0 Å². The maximum absolute atomic E-state index is 12.4. The summed E-state index contributed by atoms with van der Waals surface area (Å²) in [5.41, 5.74) is 0. The highest BCUT2D eigenvalue weighted by Gasteiger charge is 2.29. The van der Waals surface area contributed by atoms with Crippen LogP contribution in [0.4, 0.5) is 0 Å². The maximum atomic E-state index is 12.4. The van der Waals surface area contributed by atoms with Crippen LogP contribution in [0, 0.1) is 6.92 Å². The summed E-state index contributed by atoms with van der Waals surface area (Å²) in [6.07, 6.45) is 0.668.